The lowest BCUT2D eigenvalue weighted by Crippen LogP contribution is -2.49. The van der Waals surface area contributed by atoms with Gasteiger partial charge in [-0.15, -0.1) is 0 Å². The van der Waals surface area contributed by atoms with E-state index in [1.54, 1.807) is 55.5 Å². The molecule has 2 heterocycles. The largest absolute Gasteiger partial charge is 0.361 e. The lowest BCUT2D eigenvalue weighted by atomic mass is 9.94. The van der Waals surface area contributed by atoms with Crippen LogP contribution in [-0.4, -0.2) is 23.3 Å². The van der Waals surface area contributed by atoms with Crippen molar-refractivity contribution in [2.75, 3.05) is 10.2 Å². The summed E-state index contributed by atoms with van der Waals surface area (Å²) in [5.41, 5.74) is 1.71. The van der Waals surface area contributed by atoms with E-state index in [-0.39, 0.29) is 12.0 Å². The Bertz CT molecular complexity index is 1370. The van der Waals surface area contributed by atoms with Crippen LogP contribution in [0.5, 0.6) is 0 Å². The van der Waals surface area contributed by atoms with Gasteiger partial charge >= 0.3 is 0 Å². The van der Waals surface area contributed by atoms with Crippen molar-refractivity contribution >= 4 is 52.1 Å². The van der Waals surface area contributed by atoms with Crippen molar-refractivity contribution in [1.82, 2.24) is 0 Å². The Balaban J connectivity index is 1.57. The first-order valence-electron chi connectivity index (χ1n) is 10.6. The van der Waals surface area contributed by atoms with Gasteiger partial charge in [-0.05, 0) is 48.9 Å². The second kappa shape index (κ2) is 8.63. The summed E-state index contributed by atoms with van der Waals surface area (Å²) in [7, 11) is 0. The van der Waals surface area contributed by atoms with Crippen molar-refractivity contribution in [3.05, 3.63) is 106 Å². The predicted octanol–water partition coefficient (Wildman–Crippen LogP) is 5.82. The molecule has 2 aliphatic rings. The average molecular weight is 492 g/mol. The molecule has 2 amide bonds. The monoisotopic (exact) mass is 491 g/mol. The highest BCUT2D eigenvalue weighted by Gasteiger charge is 2.57. The molecule has 3 aromatic carbocycles. The van der Waals surface area contributed by atoms with Crippen molar-refractivity contribution in [2.24, 2.45) is 5.16 Å². The standard InChI is InChI=1S/C26H19Cl2N3O3/c1-16-23(24(32)29-20-11-5-9-18(27)13-20)25(33)31(21-12-6-10-19(28)14-21)26(16)15-22(30-34-26)17-7-3-2-4-8-17/h2-14H,15H2,1H3,(H,29,32). The van der Waals surface area contributed by atoms with E-state index in [4.69, 9.17) is 28.0 Å². The van der Waals surface area contributed by atoms with Gasteiger partial charge in [0.15, 0.2) is 0 Å². The molecule has 5 rings (SSSR count). The number of halogens is 2. The normalized spacial score (nSPS) is 19.4. The fourth-order valence-electron chi connectivity index (χ4n) is 4.30. The van der Waals surface area contributed by atoms with Crippen molar-refractivity contribution in [1.29, 1.82) is 0 Å². The number of carbonyl (C=O) groups is 2. The molecule has 0 radical (unpaired) electrons. The molecule has 2 aliphatic heterocycles. The van der Waals surface area contributed by atoms with Crippen LogP contribution in [0.1, 0.15) is 18.9 Å². The van der Waals surface area contributed by atoms with Gasteiger partial charge in [0.2, 0.25) is 5.72 Å². The molecule has 1 atom stereocenters. The first-order chi connectivity index (χ1) is 16.4. The van der Waals surface area contributed by atoms with E-state index >= 15 is 0 Å². The Morgan fingerprint density at radius 3 is 2.41 bits per heavy atom. The van der Waals surface area contributed by atoms with E-state index in [0.29, 0.717) is 32.7 Å². The Morgan fingerprint density at radius 2 is 1.71 bits per heavy atom. The molecule has 0 aliphatic carbocycles. The average Bonchev–Trinajstić information content (AvgIpc) is 3.34. The maximum absolute atomic E-state index is 13.7. The summed E-state index contributed by atoms with van der Waals surface area (Å²) in [6, 6.07) is 23.2. The summed E-state index contributed by atoms with van der Waals surface area (Å²) in [6.45, 7) is 1.72. The van der Waals surface area contributed by atoms with E-state index in [1.807, 2.05) is 30.3 Å². The van der Waals surface area contributed by atoms with Gasteiger partial charge in [-0.1, -0.05) is 70.8 Å². The molecule has 0 saturated heterocycles. The molecule has 1 N–H and O–H groups in total. The first kappa shape index (κ1) is 22.2. The SMILES string of the molecule is CC1=C(C(=O)Nc2cccc(Cl)c2)C(=O)N(c2cccc(Cl)c2)C12CC(c1ccccc1)=NO2. The number of nitrogens with one attached hydrogen (secondary N) is 1. The minimum atomic E-state index is -1.28. The molecule has 1 spiro atoms. The summed E-state index contributed by atoms with van der Waals surface area (Å²) < 4.78 is 0. The van der Waals surface area contributed by atoms with Gasteiger partial charge < -0.3 is 10.2 Å². The third-order valence-corrected chi connectivity index (χ3v) is 6.41. The molecule has 6 nitrogen and oxygen atoms in total. The van der Waals surface area contributed by atoms with Crippen molar-refractivity contribution in [2.45, 2.75) is 19.1 Å². The third kappa shape index (κ3) is 3.75. The van der Waals surface area contributed by atoms with Crippen LogP contribution in [0.2, 0.25) is 10.0 Å². The van der Waals surface area contributed by atoms with Gasteiger partial charge in [0.1, 0.15) is 5.57 Å². The molecular formula is C26H19Cl2N3O3. The first-order valence-corrected chi connectivity index (χ1v) is 11.3. The van der Waals surface area contributed by atoms with Crippen LogP contribution in [-0.2, 0) is 14.4 Å². The van der Waals surface area contributed by atoms with E-state index in [0.717, 1.165) is 5.56 Å². The fourth-order valence-corrected chi connectivity index (χ4v) is 4.67. The zero-order valence-corrected chi connectivity index (χ0v) is 19.6. The highest BCUT2D eigenvalue weighted by Crippen LogP contribution is 2.46. The summed E-state index contributed by atoms with van der Waals surface area (Å²) >= 11 is 12.3. The molecule has 170 valence electrons. The zero-order chi connectivity index (χ0) is 23.9. The molecular weight excluding hydrogens is 473 g/mol. The van der Waals surface area contributed by atoms with Crippen molar-refractivity contribution < 1.29 is 14.4 Å². The van der Waals surface area contributed by atoms with Crippen molar-refractivity contribution in [3.63, 3.8) is 0 Å². The van der Waals surface area contributed by atoms with Gasteiger partial charge in [0, 0.05) is 27.0 Å². The Morgan fingerprint density at radius 1 is 1.00 bits per heavy atom. The van der Waals surface area contributed by atoms with E-state index in [2.05, 4.69) is 10.5 Å². The molecule has 0 saturated carbocycles. The molecule has 3 aromatic rings. The van der Waals surface area contributed by atoms with Gasteiger partial charge in [-0.25, -0.2) is 0 Å². The summed E-state index contributed by atoms with van der Waals surface area (Å²) in [5, 5.41) is 8.02. The molecule has 34 heavy (non-hydrogen) atoms. The highest BCUT2D eigenvalue weighted by molar-refractivity contribution is 6.33. The third-order valence-electron chi connectivity index (χ3n) is 5.94. The van der Waals surface area contributed by atoms with E-state index < -0.39 is 17.5 Å². The van der Waals surface area contributed by atoms with Crippen LogP contribution >= 0.6 is 23.2 Å². The highest BCUT2D eigenvalue weighted by atomic mass is 35.5. The molecule has 0 bridgehead atoms. The van der Waals surface area contributed by atoms with E-state index in [1.165, 1.54) is 4.90 Å². The summed E-state index contributed by atoms with van der Waals surface area (Å²) in [4.78, 5) is 34.5. The summed E-state index contributed by atoms with van der Waals surface area (Å²) in [5.74, 6) is -1.05. The number of oxime groups is 1. The zero-order valence-electron chi connectivity index (χ0n) is 18.1. The number of carbonyl (C=O) groups excluding carboxylic acids is 2. The smallest absolute Gasteiger partial charge is 0.267 e. The molecule has 0 aromatic heterocycles. The van der Waals surface area contributed by atoms with E-state index in [9.17, 15) is 9.59 Å². The van der Waals surface area contributed by atoms with Crippen LogP contribution in [0, 0.1) is 0 Å². The number of hydrogen-bond donors (Lipinski definition) is 1. The van der Waals surface area contributed by atoms with Crippen molar-refractivity contribution in [3.8, 4) is 0 Å². The number of rotatable bonds is 4. The van der Waals surface area contributed by atoms with Crippen LogP contribution in [0.3, 0.4) is 0 Å². The minimum absolute atomic E-state index is 0.00976. The molecule has 8 heteroatoms. The molecule has 0 fully saturated rings. The Labute approximate surface area is 206 Å². The fraction of sp³-hybridized carbons (Fsp3) is 0.115. The summed E-state index contributed by atoms with van der Waals surface area (Å²) in [6.07, 6.45) is 0.273. The lowest BCUT2D eigenvalue weighted by Gasteiger charge is -2.34. The second-order valence-corrected chi connectivity index (χ2v) is 8.91. The Hall–Kier alpha value is -3.61. The van der Waals surface area contributed by atoms with Crippen LogP contribution in [0.25, 0.3) is 0 Å². The quantitative estimate of drug-likeness (QED) is 0.467. The van der Waals surface area contributed by atoms with Gasteiger partial charge in [-0.3, -0.25) is 14.5 Å². The minimum Gasteiger partial charge on any atom is -0.361 e. The Kier molecular flexibility index (Phi) is 5.63. The maximum Gasteiger partial charge on any atom is 0.267 e. The van der Waals surface area contributed by atoms with Gasteiger partial charge in [0.05, 0.1) is 12.1 Å². The topological polar surface area (TPSA) is 71.0 Å². The maximum atomic E-state index is 13.7. The van der Waals surface area contributed by atoms with Crippen LogP contribution in [0.4, 0.5) is 11.4 Å². The molecule has 1 unspecified atom stereocenters. The predicted molar refractivity (Wildman–Crippen MR) is 133 cm³/mol. The number of nitrogens with zero attached hydrogens (tertiary/aromatic N) is 2. The number of hydrogen-bond acceptors (Lipinski definition) is 4. The van der Waals surface area contributed by atoms with Crippen LogP contribution in [0.15, 0.2) is 95.2 Å². The van der Waals surface area contributed by atoms with Crippen LogP contribution < -0.4 is 10.2 Å². The number of amides is 2. The second-order valence-electron chi connectivity index (χ2n) is 8.04. The van der Waals surface area contributed by atoms with Gasteiger partial charge in [-0.2, -0.15) is 0 Å². The number of benzene rings is 3. The number of anilines is 2. The van der Waals surface area contributed by atoms with Gasteiger partial charge in [0.25, 0.3) is 11.8 Å². The lowest BCUT2D eigenvalue weighted by molar-refractivity contribution is -0.120.